The van der Waals surface area contributed by atoms with Gasteiger partial charge in [0.05, 0.1) is 12.6 Å². The zero-order chi connectivity index (χ0) is 17.7. The van der Waals surface area contributed by atoms with Crippen LogP contribution in [0.3, 0.4) is 0 Å². The molecule has 1 aliphatic heterocycles. The smallest absolute Gasteiger partial charge is 0.239 e. The molecular weight excluding hydrogens is 375 g/mol. The minimum Gasteiger partial charge on any atom is -0.367 e. The maximum absolute atomic E-state index is 11.9. The Kier molecular flexibility index (Phi) is 10.6. The Hall–Kier alpha value is -1.50. The number of carbonyl (C=O) groups excluding carboxylic acids is 2. The molecular formula is C18H30Cl2N4O2. The Labute approximate surface area is 168 Å². The fourth-order valence-electron chi connectivity index (χ4n) is 2.94. The van der Waals surface area contributed by atoms with Crippen LogP contribution >= 0.6 is 24.8 Å². The van der Waals surface area contributed by atoms with Crippen LogP contribution in [0.1, 0.15) is 26.3 Å². The van der Waals surface area contributed by atoms with Gasteiger partial charge in [-0.1, -0.05) is 32.0 Å². The number of fused-ring (bicyclic) bond motifs is 1. The first-order valence-corrected chi connectivity index (χ1v) is 8.54. The maximum atomic E-state index is 11.9. The Morgan fingerprint density at radius 1 is 1.23 bits per heavy atom. The second-order valence-corrected chi connectivity index (χ2v) is 6.71. The van der Waals surface area contributed by atoms with Gasteiger partial charge in [-0.15, -0.1) is 24.8 Å². The van der Waals surface area contributed by atoms with Gasteiger partial charge < -0.3 is 21.3 Å². The average molecular weight is 405 g/mol. The summed E-state index contributed by atoms with van der Waals surface area (Å²) < 4.78 is 0. The molecule has 2 amide bonds. The van der Waals surface area contributed by atoms with E-state index >= 15 is 0 Å². The molecule has 26 heavy (non-hydrogen) atoms. The summed E-state index contributed by atoms with van der Waals surface area (Å²) in [5.74, 6) is -0.438. The number of halogens is 2. The molecule has 0 aliphatic carbocycles. The minimum atomic E-state index is -0.584. The summed E-state index contributed by atoms with van der Waals surface area (Å²) in [6, 6.07) is 8.21. The summed E-state index contributed by atoms with van der Waals surface area (Å²) in [6.07, 6.45) is 1.03. The molecule has 0 fully saturated rings. The zero-order valence-electron chi connectivity index (χ0n) is 15.5. The van der Waals surface area contributed by atoms with E-state index in [9.17, 15) is 9.59 Å². The van der Waals surface area contributed by atoms with Crippen LogP contribution in [0.5, 0.6) is 0 Å². The van der Waals surface area contributed by atoms with Crippen LogP contribution in [0.15, 0.2) is 24.3 Å². The molecule has 4 N–H and O–H groups in total. The molecule has 8 heteroatoms. The van der Waals surface area contributed by atoms with Crippen LogP contribution in [0.4, 0.5) is 5.69 Å². The number of nitrogens with zero attached hydrogens (tertiary/aromatic N) is 1. The third-order valence-corrected chi connectivity index (χ3v) is 4.47. The van der Waals surface area contributed by atoms with E-state index in [1.54, 1.807) is 0 Å². The lowest BCUT2D eigenvalue weighted by molar-refractivity contribution is -0.127. The predicted molar refractivity (Wildman–Crippen MR) is 110 cm³/mol. The van der Waals surface area contributed by atoms with Crippen LogP contribution in [0.2, 0.25) is 0 Å². The molecule has 0 saturated carbocycles. The highest BCUT2D eigenvalue weighted by atomic mass is 35.5. The Balaban J connectivity index is 0.00000312. The number of amides is 2. The summed E-state index contributed by atoms with van der Waals surface area (Å²) >= 11 is 0. The monoisotopic (exact) mass is 404 g/mol. The maximum Gasteiger partial charge on any atom is 0.239 e. The second-order valence-electron chi connectivity index (χ2n) is 6.71. The van der Waals surface area contributed by atoms with Crippen molar-refractivity contribution in [2.45, 2.75) is 39.3 Å². The van der Waals surface area contributed by atoms with Crippen LogP contribution in [-0.2, 0) is 16.0 Å². The topological polar surface area (TPSA) is 87.5 Å². The summed E-state index contributed by atoms with van der Waals surface area (Å²) in [6.45, 7) is 7.20. The molecule has 1 aromatic rings. The van der Waals surface area contributed by atoms with Gasteiger partial charge in [-0.05, 0) is 30.9 Å². The van der Waals surface area contributed by atoms with Crippen molar-refractivity contribution in [1.29, 1.82) is 0 Å². The SMILES string of the molecule is CC(C)[C@H](N)C(=O)NCC(=O)NCCN1c2ccccc2CC1C.Cl.Cl. The van der Waals surface area contributed by atoms with Gasteiger partial charge in [0.25, 0.3) is 0 Å². The van der Waals surface area contributed by atoms with Crippen molar-refractivity contribution >= 4 is 42.3 Å². The number of nitrogens with two attached hydrogens (primary N) is 1. The van der Waals surface area contributed by atoms with Crippen molar-refractivity contribution in [3.05, 3.63) is 29.8 Å². The van der Waals surface area contributed by atoms with E-state index in [0.717, 1.165) is 13.0 Å². The molecule has 6 nitrogen and oxygen atoms in total. The Morgan fingerprint density at radius 2 is 1.88 bits per heavy atom. The number of hydrogen-bond donors (Lipinski definition) is 3. The minimum absolute atomic E-state index is 0. The molecule has 0 radical (unpaired) electrons. The normalized spacial score (nSPS) is 16.2. The standard InChI is InChI=1S/C18H28N4O2.2ClH/c1-12(2)17(19)18(24)21-11-16(23)20-8-9-22-13(3)10-14-6-4-5-7-15(14)22;;/h4-7,12-13,17H,8-11,19H2,1-3H3,(H,20,23)(H,21,24);2*1H/t13?,17-;;/m0../s1. The van der Waals surface area contributed by atoms with Crippen LogP contribution in [-0.4, -0.2) is 43.5 Å². The number of carbonyl (C=O) groups is 2. The Morgan fingerprint density at radius 3 is 2.54 bits per heavy atom. The first-order chi connectivity index (χ1) is 11.4. The van der Waals surface area contributed by atoms with Gasteiger partial charge in [0, 0.05) is 24.8 Å². The van der Waals surface area contributed by atoms with Gasteiger partial charge in [0.1, 0.15) is 0 Å². The van der Waals surface area contributed by atoms with Crippen LogP contribution in [0.25, 0.3) is 0 Å². The lowest BCUT2D eigenvalue weighted by Crippen LogP contribution is -2.48. The third-order valence-electron chi connectivity index (χ3n) is 4.47. The second kappa shape index (κ2) is 11.3. The number of nitrogens with one attached hydrogen (secondary N) is 2. The zero-order valence-corrected chi connectivity index (χ0v) is 17.2. The van der Waals surface area contributed by atoms with Gasteiger partial charge in [-0.3, -0.25) is 9.59 Å². The van der Waals surface area contributed by atoms with Crippen molar-refractivity contribution in [3.8, 4) is 0 Å². The summed E-state index contributed by atoms with van der Waals surface area (Å²) in [5, 5.41) is 5.43. The molecule has 0 bridgehead atoms. The molecule has 1 aromatic carbocycles. The van der Waals surface area contributed by atoms with E-state index in [0.29, 0.717) is 12.6 Å². The first-order valence-electron chi connectivity index (χ1n) is 8.54. The van der Waals surface area contributed by atoms with Gasteiger partial charge in [0.15, 0.2) is 0 Å². The van der Waals surface area contributed by atoms with E-state index in [1.807, 2.05) is 19.9 Å². The molecule has 0 spiro atoms. The lowest BCUT2D eigenvalue weighted by atomic mass is 10.1. The highest BCUT2D eigenvalue weighted by molar-refractivity contribution is 5.87. The van der Waals surface area contributed by atoms with Crippen molar-refractivity contribution in [3.63, 3.8) is 0 Å². The van der Waals surface area contributed by atoms with Crippen LogP contribution < -0.4 is 21.3 Å². The van der Waals surface area contributed by atoms with Crippen LogP contribution in [0, 0.1) is 5.92 Å². The summed E-state index contributed by atoms with van der Waals surface area (Å²) in [4.78, 5) is 25.9. The molecule has 2 rings (SSSR count). The van der Waals surface area contributed by atoms with Crippen molar-refractivity contribution < 1.29 is 9.59 Å². The molecule has 1 aliphatic rings. The average Bonchev–Trinajstić information content (AvgIpc) is 2.87. The fourth-order valence-corrected chi connectivity index (χ4v) is 2.94. The fraction of sp³-hybridized carbons (Fsp3) is 0.556. The molecule has 0 aromatic heterocycles. The van der Waals surface area contributed by atoms with E-state index < -0.39 is 6.04 Å². The number of benzene rings is 1. The van der Waals surface area contributed by atoms with Gasteiger partial charge >= 0.3 is 0 Å². The summed E-state index contributed by atoms with van der Waals surface area (Å²) in [7, 11) is 0. The van der Waals surface area contributed by atoms with E-state index in [4.69, 9.17) is 5.73 Å². The van der Waals surface area contributed by atoms with Crippen molar-refractivity contribution in [2.75, 3.05) is 24.5 Å². The lowest BCUT2D eigenvalue weighted by Gasteiger charge is -2.25. The highest BCUT2D eigenvalue weighted by Gasteiger charge is 2.25. The Bertz CT molecular complexity index is 598. The molecule has 2 atom stereocenters. The molecule has 1 heterocycles. The molecule has 1 unspecified atom stereocenters. The first kappa shape index (κ1) is 24.5. The quantitative estimate of drug-likeness (QED) is 0.642. The van der Waals surface area contributed by atoms with Gasteiger partial charge in [0.2, 0.25) is 11.8 Å². The van der Waals surface area contributed by atoms with E-state index in [2.05, 4.69) is 40.7 Å². The predicted octanol–water partition coefficient (Wildman–Crippen LogP) is 1.50. The van der Waals surface area contributed by atoms with Crippen molar-refractivity contribution in [2.24, 2.45) is 11.7 Å². The summed E-state index contributed by atoms with van der Waals surface area (Å²) in [5.41, 5.74) is 8.34. The number of hydrogen-bond acceptors (Lipinski definition) is 4. The van der Waals surface area contributed by atoms with Crippen molar-refractivity contribution in [1.82, 2.24) is 10.6 Å². The largest absolute Gasteiger partial charge is 0.367 e. The third kappa shape index (κ3) is 6.34. The van der Waals surface area contributed by atoms with Gasteiger partial charge in [-0.25, -0.2) is 0 Å². The van der Waals surface area contributed by atoms with Gasteiger partial charge in [-0.2, -0.15) is 0 Å². The number of anilines is 1. The highest BCUT2D eigenvalue weighted by Crippen LogP contribution is 2.31. The molecule has 148 valence electrons. The van der Waals surface area contributed by atoms with E-state index in [1.165, 1.54) is 11.3 Å². The van der Waals surface area contributed by atoms with E-state index in [-0.39, 0.29) is 49.1 Å². The number of para-hydroxylation sites is 1. The number of rotatable bonds is 7. The molecule has 0 saturated heterocycles.